The van der Waals surface area contributed by atoms with Crippen LogP contribution in [0.15, 0.2) is 0 Å². The molecular weight excluding hydrogens is 178 g/mol. The first kappa shape index (κ1) is 11.5. The molecule has 4 nitrogen and oxygen atoms in total. The fraction of sp³-hybridized carbons (Fsp3) is 0.900. The molecule has 0 bridgehead atoms. The number of hydrogen-bond donors (Lipinski definition) is 3. The Kier molecular flexibility index (Phi) is 4.90. The van der Waals surface area contributed by atoms with E-state index >= 15 is 0 Å². The van der Waals surface area contributed by atoms with Crippen LogP contribution in [0.1, 0.15) is 25.7 Å². The summed E-state index contributed by atoms with van der Waals surface area (Å²) in [5, 5.41) is 2.84. The smallest absolute Gasteiger partial charge is 0.223 e. The second-order valence-corrected chi connectivity index (χ2v) is 4.03. The van der Waals surface area contributed by atoms with Crippen LogP contribution in [0.4, 0.5) is 0 Å². The van der Waals surface area contributed by atoms with Gasteiger partial charge in [0.1, 0.15) is 0 Å². The van der Waals surface area contributed by atoms with Gasteiger partial charge in [-0.3, -0.25) is 4.79 Å². The van der Waals surface area contributed by atoms with Crippen LogP contribution < -0.4 is 16.8 Å². The lowest BCUT2D eigenvalue weighted by atomic mass is 9.81. The third-order valence-electron chi connectivity index (χ3n) is 2.99. The minimum Gasteiger partial charge on any atom is -0.355 e. The Labute approximate surface area is 85.4 Å². The molecule has 4 heteroatoms. The maximum Gasteiger partial charge on any atom is 0.223 e. The lowest BCUT2D eigenvalue weighted by Crippen LogP contribution is -2.36. The van der Waals surface area contributed by atoms with Crippen molar-refractivity contribution in [2.45, 2.75) is 25.7 Å². The van der Waals surface area contributed by atoms with Crippen molar-refractivity contribution in [1.29, 1.82) is 0 Å². The van der Waals surface area contributed by atoms with E-state index in [1.807, 2.05) is 0 Å². The zero-order chi connectivity index (χ0) is 10.4. The van der Waals surface area contributed by atoms with Crippen LogP contribution >= 0.6 is 0 Å². The van der Waals surface area contributed by atoms with E-state index < -0.39 is 0 Å². The predicted octanol–water partition coefficient (Wildman–Crippen LogP) is -0.174. The monoisotopic (exact) mass is 199 g/mol. The molecule has 1 aliphatic carbocycles. The van der Waals surface area contributed by atoms with Crippen LogP contribution in [0.3, 0.4) is 0 Å². The normalized spacial score (nSPS) is 27.3. The quantitative estimate of drug-likeness (QED) is 0.588. The van der Waals surface area contributed by atoms with Crippen molar-refractivity contribution in [3.8, 4) is 0 Å². The molecule has 1 saturated carbocycles. The topological polar surface area (TPSA) is 81.1 Å². The predicted molar refractivity (Wildman–Crippen MR) is 56.6 cm³/mol. The molecule has 0 aromatic carbocycles. The van der Waals surface area contributed by atoms with Gasteiger partial charge in [0.25, 0.3) is 0 Å². The SMILES string of the molecule is NCCNC(=O)C1CCC(CN)CC1. The van der Waals surface area contributed by atoms with Crippen LogP contribution in [0.2, 0.25) is 0 Å². The van der Waals surface area contributed by atoms with Gasteiger partial charge in [-0.2, -0.15) is 0 Å². The largest absolute Gasteiger partial charge is 0.355 e. The van der Waals surface area contributed by atoms with E-state index in [2.05, 4.69) is 5.32 Å². The van der Waals surface area contributed by atoms with Gasteiger partial charge in [-0.25, -0.2) is 0 Å². The van der Waals surface area contributed by atoms with Gasteiger partial charge < -0.3 is 16.8 Å². The molecule has 0 heterocycles. The fourth-order valence-electron chi connectivity index (χ4n) is 2.00. The summed E-state index contributed by atoms with van der Waals surface area (Å²) in [6.45, 7) is 1.87. The van der Waals surface area contributed by atoms with Crippen LogP contribution in [0, 0.1) is 11.8 Å². The summed E-state index contributed by atoms with van der Waals surface area (Å²) >= 11 is 0. The molecule has 0 saturated heterocycles. The third-order valence-corrected chi connectivity index (χ3v) is 2.99. The highest BCUT2D eigenvalue weighted by molar-refractivity contribution is 5.78. The number of nitrogens with one attached hydrogen (secondary N) is 1. The molecular formula is C10H21N3O. The second kappa shape index (κ2) is 5.98. The lowest BCUT2D eigenvalue weighted by Gasteiger charge is -2.26. The summed E-state index contributed by atoms with van der Waals surface area (Å²) < 4.78 is 0. The molecule has 82 valence electrons. The zero-order valence-electron chi connectivity index (χ0n) is 8.67. The van der Waals surface area contributed by atoms with E-state index in [9.17, 15) is 4.79 Å². The highest BCUT2D eigenvalue weighted by Crippen LogP contribution is 2.27. The Morgan fingerprint density at radius 3 is 2.36 bits per heavy atom. The Bertz CT molecular complexity index is 176. The van der Waals surface area contributed by atoms with Gasteiger partial charge >= 0.3 is 0 Å². The Balaban J connectivity index is 2.23. The van der Waals surface area contributed by atoms with Crippen molar-refractivity contribution in [2.24, 2.45) is 23.3 Å². The van der Waals surface area contributed by atoms with Crippen molar-refractivity contribution >= 4 is 5.91 Å². The lowest BCUT2D eigenvalue weighted by molar-refractivity contribution is -0.126. The van der Waals surface area contributed by atoms with Gasteiger partial charge in [0, 0.05) is 19.0 Å². The van der Waals surface area contributed by atoms with Gasteiger partial charge in [0.15, 0.2) is 0 Å². The van der Waals surface area contributed by atoms with E-state index in [1.54, 1.807) is 0 Å². The first-order chi connectivity index (χ1) is 6.77. The second-order valence-electron chi connectivity index (χ2n) is 4.03. The zero-order valence-corrected chi connectivity index (χ0v) is 8.67. The summed E-state index contributed by atoms with van der Waals surface area (Å²) in [6, 6.07) is 0. The van der Waals surface area contributed by atoms with E-state index in [1.165, 1.54) is 0 Å². The molecule has 5 N–H and O–H groups in total. The van der Waals surface area contributed by atoms with Gasteiger partial charge in [-0.05, 0) is 38.1 Å². The highest BCUT2D eigenvalue weighted by atomic mass is 16.1. The van der Waals surface area contributed by atoms with E-state index in [0.29, 0.717) is 19.0 Å². The number of carbonyl (C=O) groups is 1. The average Bonchev–Trinajstić information content (AvgIpc) is 2.26. The van der Waals surface area contributed by atoms with Crippen molar-refractivity contribution in [1.82, 2.24) is 5.32 Å². The van der Waals surface area contributed by atoms with Gasteiger partial charge in [0.05, 0.1) is 0 Å². The molecule has 0 radical (unpaired) electrons. The van der Waals surface area contributed by atoms with Crippen LogP contribution in [0.25, 0.3) is 0 Å². The number of hydrogen-bond acceptors (Lipinski definition) is 3. The highest BCUT2D eigenvalue weighted by Gasteiger charge is 2.24. The first-order valence-electron chi connectivity index (χ1n) is 5.45. The molecule has 1 amide bonds. The maximum absolute atomic E-state index is 11.6. The van der Waals surface area contributed by atoms with E-state index in [4.69, 9.17) is 11.5 Å². The number of rotatable bonds is 4. The van der Waals surface area contributed by atoms with Crippen molar-refractivity contribution in [2.75, 3.05) is 19.6 Å². The summed E-state index contributed by atoms with van der Waals surface area (Å²) in [7, 11) is 0. The molecule has 0 aromatic rings. The van der Waals surface area contributed by atoms with Crippen molar-refractivity contribution in [3.63, 3.8) is 0 Å². The van der Waals surface area contributed by atoms with Gasteiger partial charge in [-0.1, -0.05) is 0 Å². The van der Waals surface area contributed by atoms with Crippen LogP contribution in [-0.4, -0.2) is 25.5 Å². The minimum absolute atomic E-state index is 0.172. The van der Waals surface area contributed by atoms with Gasteiger partial charge in [-0.15, -0.1) is 0 Å². The number of carbonyl (C=O) groups excluding carboxylic acids is 1. The standard InChI is InChI=1S/C10H21N3O/c11-5-6-13-10(14)9-3-1-8(7-12)2-4-9/h8-9H,1-7,11-12H2,(H,13,14). The van der Waals surface area contributed by atoms with Crippen molar-refractivity contribution < 1.29 is 4.79 Å². The molecule has 0 aliphatic heterocycles. The molecule has 1 rings (SSSR count). The number of nitrogens with two attached hydrogens (primary N) is 2. The molecule has 1 aliphatic rings. The molecule has 0 atom stereocenters. The van der Waals surface area contributed by atoms with Crippen molar-refractivity contribution in [3.05, 3.63) is 0 Å². The third kappa shape index (κ3) is 3.27. The molecule has 14 heavy (non-hydrogen) atoms. The summed E-state index contributed by atoms with van der Waals surface area (Å²) in [6.07, 6.45) is 4.16. The maximum atomic E-state index is 11.6. The summed E-state index contributed by atoms with van der Waals surface area (Å²) in [4.78, 5) is 11.6. The molecule has 0 spiro atoms. The first-order valence-corrected chi connectivity index (χ1v) is 5.45. The number of amides is 1. The van der Waals surface area contributed by atoms with E-state index in [-0.39, 0.29) is 11.8 Å². The van der Waals surface area contributed by atoms with E-state index in [0.717, 1.165) is 32.2 Å². The Hall–Kier alpha value is -0.610. The molecule has 0 aromatic heterocycles. The summed E-state index contributed by atoms with van der Waals surface area (Å²) in [5.74, 6) is 1.00. The minimum atomic E-state index is 0.172. The average molecular weight is 199 g/mol. The van der Waals surface area contributed by atoms with Crippen LogP contribution in [-0.2, 0) is 4.79 Å². The summed E-state index contributed by atoms with van der Waals surface area (Å²) in [5.41, 5.74) is 10.9. The van der Waals surface area contributed by atoms with Gasteiger partial charge in [0.2, 0.25) is 5.91 Å². The molecule has 1 fully saturated rings. The Morgan fingerprint density at radius 2 is 1.86 bits per heavy atom. The molecule has 0 unspecified atom stereocenters. The fourth-order valence-corrected chi connectivity index (χ4v) is 2.00. The Morgan fingerprint density at radius 1 is 1.21 bits per heavy atom. The van der Waals surface area contributed by atoms with Crippen LogP contribution in [0.5, 0.6) is 0 Å².